The lowest BCUT2D eigenvalue weighted by atomic mass is 10.3. The van der Waals surface area contributed by atoms with Gasteiger partial charge < -0.3 is 5.73 Å². The number of hydrogen-bond acceptors (Lipinski definition) is 3. The Bertz CT molecular complexity index is 247. The van der Waals surface area contributed by atoms with Crippen LogP contribution in [0.15, 0.2) is 0 Å². The molecule has 0 aliphatic carbocycles. The second kappa shape index (κ2) is 10.3. The highest BCUT2D eigenvalue weighted by Crippen LogP contribution is 1.98. The van der Waals surface area contributed by atoms with Crippen LogP contribution in [0.1, 0.15) is 32.6 Å². The minimum atomic E-state index is -3.27. The van der Waals surface area contributed by atoms with E-state index in [4.69, 9.17) is 5.73 Å². The van der Waals surface area contributed by atoms with Crippen molar-refractivity contribution >= 4 is 22.6 Å². The van der Waals surface area contributed by atoms with Gasteiger partial charge >= 0.3 is 0 Å². The van der Waals surface area contributed by atoms with Crippen molar-refractivity contribution in [1.82, 2.24) is 9.03 Å². The zero-order valence-corrected chi connectivity index (χ0v) is 11.7. The molecule has 0 aromatic carbocycles. The summed E-state index contributed by atoms with van der Waals surface area (Å²) in [5, 5.41) is 0. The molecule has 0 unspecified atom stereocenters. The van der Waals surface area contributed by atoms with Gasteiger partial charge in [-0.05, 0) is 25.8 Å². The Labute approximate surface area is 105 Å². The Morgan fingerprint density at radius 2 is 1.88 bits per heavy atom. The predicted molar refractivity (Wildman–Crippen MR) is 70.0 cm³/mol. The predicted octanol–water partition coefficient (Wildman–Crippen LogP) is 0.713. The first kappa shape index (κ1) is 18.5. The Hall–Kier alpha value is 0.120. The number of rotatable bonds is 9. The Morgan fingerprint density at radius 1 is 1.25 bits per heavy atom. The number of nitrogens with one attached hydrogen (secondary N) is 1. The molecule has 0 amide bonds. The lowest BCUT2D eigenvalue weighted by Crippen LogP contribution is -2.39. The normalized spacial score (nSPS) is 11.5. The largest absolute Gasteiger partial charge is 0.330 e. The number of unbranched alkanes of at least 4 members (excludes halogenated alkanes) is 2. The first-order valence-electron chi connectivity index (χ1n) is 5.45. The van der Waals surface area contributed by atoms with Gasteiger partial charge in [-0.2, -0.15) is 12.7 Å². The van der Waals surface area contributed by atoms with Crippen LogP contribution in [0.5, 0.6) is 0 Å². The van der Waals surface area contributed by atoms with Gasteiger partial charge in [-0.3, -0.25) is 0 Å². The van der Waals surface area contributed by atoms with E-state index in [1.54, 1.807) is 7.05 Å². The van der Waals surface area contributed by atoms with Gasteiger partial charge in [0.15, 0.2) is 0 Å². The number of hydrogen-bond donors (Lipinski definition) is 2. The summed E-state index contributed by atoms with van der Waals surface area (Å²) in [6, 6.07) is 0. The Morgan fingerprint density at radius 3 is 2.38 bits per heavy atom. The number of nitrogens with two attached hydrogens (primary N) is 1. The summed E-state index contributed by atoms with van der Waals surface area (Å²) in [7, 11) is -1.67. The molecule has 0 rings (SSSR count). The van der Waals surface area contributed by atoms with Gasteiger partial charge in [0.2, 0.25) is 0 Å². The van der Waals surface area contributed by atoms with Gasteiger partial charge in [0.05, 0.1) is 0 Å². The molecule has 0 aliphatic rings. The maximum absolute atomic E-state index is 11.6. The van der Waals surface area contributed by atoms with Crippen molar-refractivity contribution in [2.24, 2.45) is 5.73 Å². The fourth-order valence-corrected chi connectivity index (χ4v) is 2.07. The van der Waals surface area contributed by atoms with Crippen LogP contribution in [0.25, 0.3) is 0 Å². The van der Waals surface area contributed by atoms with Crippen LogP contribution < -0.4 is 10.5 Å². The van der Waals surface area contributed by atoms with Gasteiger partial charge in [-0.1, -0.05) is 13.3 Å². The summed E-state index contributed by atoms with van der Waals surface area (Å²) in [6.45, 7) is 3.68. The molecule has 0 aromatic heterocycles. The standard InChI is InChI=1S/C9H23N3O2S.ClH/c1-3-4-9-12(2)15(13,14)11-8-6-5-7-10;/h11H,3-10H2,1-2H3;1H. The highest BCUT2D eigenvalue weighted by molar-refractivity contribution is 7.87. The molecule has 0 aliphatic heterocycles. The molecule has 16 heavy (non-hydrogen) atoms. The highest BCUT2D eigenvalue weighted by Gasteiger charge is 2.15. The highest BCUT2D eigenvalue weighted by atomic mass is 35.5. The second-order valence-corrected chi connectivity index (χ2v) is 5.43. The van der Waals surface area contributed by atoms with E-state index in [9.17, 15) is 8.42 Å². The minimum absolute atomic E-state index is 0. The molecule has 0 atom stereocenters. The number of halogens is 1. The fraction of sp³-hybridized carbons (Fsp3) is 1.00. The molecule has 0 heterocycles. The lowest BCUT2D eigenvalue weighted by Gasteiger charge is -2.17. The topological polar surface area (TPSA) is 75.4 Å². The number of nitrogens with zero attached hydrogens (tertiary/aromatic N) is 1. The van der Waals surface area contributed by atoms with Gasteiger partial charge in [0, 0.05) is 20.1 Å². The van der Waals surface area contributed by atoms with Crippen LogP contribution in [0.4, 0.5) is 0 Å². The molecule has 7 heteroatoms. The quantitative estimate of drug-likeness (QED) is 0.608. The third-order valence-corrected chi connectivity index (χ3v) is 3.72. The van der Waals surface area contributed by atoms with Gasteiger partial charge in [-0.25, -0.2) is 4.72 Å². The molecule has 0 aromatic rings. The van der Waals surface area contributed by atoms with E-state index in [0.29, 0.717) is 19.6 Å². The molecular formula is C9H24ClN3O2S. The molecule has 0 spiro atoms. The van der Waals surface area contributed by atoms with E-state index >= 15 is 0 Å². The van der Waals surface area contributed by atoms with Crippen molar-refractivity contribution < 1.29 is 8.42 Å². The maximum atomic E-state index is 11.6. The average Bonchev–Trinajstić information content (AvgIpc) is 2.21. The first-order chi connectivity index (χ1) is 7.04. The summed E-state index contributed by atoms with van der Waals surface area (Å²) in [6.07, 6.45) is 3.52. The first-order valence-corrected chi connectivity index (χ1v) is 6.89. The fourth-order valence-electron chi connectivity index (χ4n) is 1.08. The van der Waals surface area contributed by atoms with E-state index in [2.05, 4.69) is 4.72 Å². The van der Waals surface area contributed by atoms with Crippen molar-refractivity contribution in [3.8, 4) is 0 Å². The summed E-state index contributed by atoms with van der Waals surface area (Å²) in [5.41, 5.74) is 5.32. The van der Waals surface area contributed by atoms with Crippen LogP contribution in [0.2, 0.25) is 0 Å². The molecule has 100 valence electrons. The van der Waals surface area contributed by atoms with Crippen molar-refractivity contribution in [3.05, 3.63) is 0 Å². The van der Waals surface area contributed by atoms with E-state index in [0.717, 1.165) is 25.7 Å². The van der Waals surface area contributed by atoms with E-state index < -0.39 is 10.2 Å². The second-order valence-electron chi connectivity index (χ2n) is 3.57. The summed E-state index contributed by atoms with van der Waals surface area (Å²) >= 11 is 0. The molecule has 0 saturated carbocycles. The Balaban J connectivity index is 0. The lowest BCUT2D eigenvalue weighted by molar-refractivity contribution is 0.448. The smallest absolute Gasteiger partial charge is 0.279 e. The Kier molecular flexibility index (Phi) is 11.9. The maximum Gasteiger partial charge on any atom is 0.279 e. The molecule has 0 fully saturated rings. The van der Waals surface area contributed by atoms with Crippen LogP contribution in [0, 0.1) is 0 Å². The summed E-state index contributed by atoms with van der Waals surface area (Å²) in [4.78, 5) is 0. The van der Waals surface area contributed by atoms with Crippen molar-refractivity contribution in [1.29, 1.82) is 0 Å². The van der Waals surface area contributed by atoms with Crippen LogP contribution in [-0.4, -0.2) is 39.4 Å². The zero-order valence-electron chi connectivity index (χ0n) is 10.1. The van der Waals surface area contributed by atoms with Crippen molar-refractivity contribution in [2.45, 2.75) is 32.6 Å². The third-order valence-electron chi connectivity index (χ3n) is 2.15. The van der Waals surface area contributed by atoms with Crippen LogP contribution in [-0.2, 0) is 10.2 Å². The zero-order chi connectivity index (χ0) is 11.7. The van der Waals surface area contributed by atoms with Crippen molar-refractivity contribution in [3.63, 3.8) is 0 Å². The van der Waals surface area contributed by atoms with Crippen LogP contribution in [0.3, 0.4) is 0 Å². The van der Waals surface area contributed by atoms with Crippen molar-refractivity contribution in [2.75, 3.05) is 26.7 Å². The summed E-state index contributed by atoms with van der Waals surface area (Å²) in [5.74, 6) is 0. The monoisotopic (exact) mass is 273 g/mol. The molecule has 3 N–H and O–H groups in total. The minimum Gasteiger partial charge on any atom is -0.330 e. The SMILES string of the molecule is CCCCN(C)S(=O)(=O)NCCCCN.Cl. The average molecular weight is 274 g/mol. The molecule has 0 saturated heterocycles. The summed E-state index contributed by atoms with van der Waals surface area (Å²) < 4.78 is 27.1. The van der Waals surface area contributed by atoms with E-state index in [1.165, 1.54) is 4.31 Å². The van der Waals surface area contributed by atoms with Gasteiger partial charge in [-0.15, -0.1) is 12.4 Å². The van der Waals surface area contributed by atoms with Gasteiger partial charge in [0.25, 0.3) is 10.2 Å². The molecule has 5 nitrogen and oxygen atoms in total. The van der Waals surface area contributed by atoms with Gasteiger partial charge in [0.1, 0.15) is 0 Å². The molecule has 0 bridgehead atoms. The van der Waals surface area contributed by atoms with E-state index in [1.807, 2.05) is 6.92 Å². The molecular weight excluding hydrogens is 250 g/mol. The molecule has 0 radical (unpaired) electrons. The third kappa shape index (κ3) is 8.29. The van der Waals surface area contributed by atoms with E-state index in [-0.39, 0.29) is 12.4 Å². The van der Waals surface area contributed by atoms with Crippen LogP contribution >= 0.6 is 12.4 Å².